The van der Waals surface area contributed by atoms with E-state index in [2.05, 4.69) is 22.5 Å². The summed E-state index contributed by atoms with van der Waals surface area (Å²) >= 11 is 0. The van der Waals surface area contributed by atoms with Gasteiger partial charge in [0.2, 0.25) is 0 Å². The lowest BCUT2D eigenvalue weighted by Gasteiger charge is -2.26. The first kappa shape index (κ1) is 22.7. The van der Waals surface area contributed by atoms with E-state index in [0.717, 1.165) is 29.9 Å². The summed E-state index contributed by atoms with van der Waals surface area (Å²) in [5, 5.41) is 6.80. The Morgan fingerprint density at radius 3 is 2.27 bits per heavy atom. The monoisotopic (exact) mass is 472 g/mol. The van der Waals surface area contributed by atoms with Crippen LogP contribution in [0.5, 0.6) is 0 Å². The van der Waals surface area contributed by atoms with Gasteiger partial charge in [-0.25, -0.2) is 0 Å². The molecule has 2 rings (SSSR count). The van der Waals surface area contributed by atoms with Crippen LogP contribution in [0.15, 0.2) is 29.3 Å². The third-order valence-corrected chi connectivity index (χ3v) is 4.98. The Labute approximate surface area is 175 Å². The number of halogens is 1. The summed E-state index contributed by atoms with van der Waals surface area (Å²) in [6.45, 7) is 4.03. The highest BCUT2D eigenvalue weighted by Crippen LogP contribution is 2.27. The highest BCUT2D eigenvalue weighted by molar-refractivity contribution is 14.0. The Bertz CT molecular complexity index is 578. The number of guanidine groups is 1. The third kappa shape index (κ3) is 7.13. The number of hydrogen-bond donors (Lipinski definition) is 2. The van der Waals surface area contributed by atoms with Crippen molar-refractivity contribution in [1.82, 2.24) is 15.5 Å². The zero-order valence-corrected chi connectivity index (χ0v) is 18.7. The zero-order chi connectivity index (χ0) is 18.2. The van der Waals surface area contributed by atoms with E-state index in [4.69, 9.17) is 0 Å². The first-order valence-electron chi connectivity index (χ1n) is 9.24. The van der Waals surface area contributed by atoms with Crippen molar-refractivity contribution in [2.45, 2.75) is 39.2 Å². The first-order chi connectivity index (χ1) is 12.0. The molecule has 0 saturated heterocycles. The van der Waals surface area contributed by atoms with Crippen LogP contribution in [0, 0.1) is 11.8 Å². The second-order valence-corrected chi connectivity index (χ2v) is 7.33. The van der Waals surface area contributed by atoms with E-state index in [9.17, 15) is 4.79 Å². The molecule has 1 aromatic rings. The molecular formula is C20H33IN4O. The van der Waals surface area contributed by atoms with Crippen molar-refractivity contribution in [3.8, 4) is 0 Å². The van der Waals surface area contributed by atoms with E-state index < -0.39 is 0 Å². The minimum absolute atomic E-state index is 0. The van der Waals surface area contributed by atoms with Gasteiger partial charge in [0.05, 0.1) is 0 Å². The normalized spacial score (nSPS) is 20.1. The molecule has 1 aliphatic carbocycles. The molecule has 0 aliphatic heterocycles. The number of amides is 1. The van der Waals surface area contributed by atoms with Crippen LogP contribution in [0.1, 0.15) is 48.5 Å². The largest absolute Gasteiger partial charge is 0.356 e. The van der Waals surface area contributed by atoms with Crippen LogP contribution in [0.4, 0.5) is 0 Å². The van der Waals surface area contributed by atoms with Crippen molar-refractivity contribution < 1.29 is 4.79 Å². The lowest BCUT2D eigenvalue weighted by molar-refractivity contribution is 0.0827. The summed E-state index contributed by atoms with van der Waals surface area (Å²) in [4.78, 5) is 17.8. The van der Waals surface area contributed by atoms with Crippen LogP contribution in [0.2, 0.25) is 0 Å². The van der Waals surface area contributed by atoms with Crippen LogP contribution in [0.3, 0.4) is 0 Å². The summed E-state index contributed by atoms with van der Waals surface area (Å²) < 4.78 is 0. The van der Waals surface area contributed by atoms with Crippen LogP contribution in [0.25, 0.3) is 0 Å². The number of carbonyl (C=O) groups is 1. The van der Waals surface area contributed by atoms with Crippen molar-refractivity contribution in [1.29, 1.82) is 0 Å². The van der Waals surface area contributed by atoms with Crippen molar-refractivity contribution in [2.24, 2.45) is 16.8 Å². The lowest BCUT2D eigenvalue weighted by Crippen LogP contribution is -2.40. The van der Waals surface area contributed by atoms with E-state index in [0.29, 0.717) is 12.1 Å². The fraction of sp³-hybridized carbons (Fsp3) is 0.600. The highest BCUT2D eigenvalue weighted by Gasteiger charge is 2.18. The number of nitrogens with one attached hydrogen (secondary N) is 2. The second-order valence-electron chi connectivity index (χ2n) is 7.33. The second kappa shape index (κ2) is 11.4. The van der Waals surface area contributed by atoms with Crippen LogP contribution in [-0.2, 0) is 6.54 Å². The maximum absolute atomic E-state index is 11.9. The summed E-state index contributed by atoms with van der Waals surface area (Å²) in [6, 6.07) is 7.72. The van der Waals surface area contributed by atoms with Crippen LogP contribution in [-0.4, -0.2) is 44.5 Å². The Kier molecular flexibility index (Phi) is 9.98. The van der Waals surface area contributed by atoms with Gasteiger partial charge in [0, 0.05) is 39.8 Å². The summed E-state index contributed by atoms with van der Waals surface area (Å²) in [7, 11) is 5.33. The van der Waals surface area contributed by atoms with E-state index >= 15 is 0 Å². The Hall–Kier alpha value is -1.31. The van der Waals surface area contributed by atoms with Crippen LogP contribution >= 0.6 is 24.0 Å². The number of benzene rings is 1. The number of hydrogen-bond acceptors (Lipinski definition) is 2. The van der Waals surface area contributed by atoms with Crippen molar-refractivity contribution >= 4 is 35.8 Å². The molecule has 0 aromatic heterocycles. The fourth-order valence-corrected chi connectivity index (χ4v) is 3.20. The van der Waals surface area contributed by atoms with Gasteiger partial charge >= 0.3 is 0 Å². The molecule has 6 heteroatoms. The predicted molar refractivity (Wildman–Crippen MR) is 119 cm³/mol. The molecule has 1 aliphatic rings. The minimum atomic E-state index is 0. The molecule has 2 N–H and O–H groups in total. The number of aliphatic imine (C=N–C) groups is 1. The zero-order valence-electron chi connectivity index (χ0n) is 16.4. The average molecular weight is 472 g/mol. The van der Waals surface area contributed by atoms with E-state index in [1.165, 1.54) is 25.7 Å². The van der Waals surface area contributed by atoms with Crippen molar-refractivity contribution in [3.63, 3.8) is 0 Å². The molecule has 0 radical (unpaired) electrons. The molecular weight excluding hydrogens is 439 g/mol. The Morgan fingerprint density at radius 2 is 1.73 bits per heavy atom. The molecule has 1 fully saturated rings. The van der Waals surface area contributed by atoms with Gasteiger partial charge in [-0.2, -0.15) is 0 Å². The molecule has 1 saturated carbocycles. The topological polar surface area (TPSA) is 56.7 Å². The highest BCUT2D eigenvalue weighted by atomic mass is 127. The first-order valence-corrected chi connectivity index (χ1v) is 9.24. The number of nitrogens with zero attached hydrogens (tertiary/aromatic N) is 2. The summed E-state index contributed by atoms with van der Waals surface area (Å²) in [5.74, 6) is 2.51. The van der Waals surface area contributed by atoms with Gasteiger partial charge in [0.15, 0.2) is 5.96 Å². The Morgan fingerprint density at radius 1 is 1.12 bits per heavy atom. The van der Waals surface area contributed by atoms with Gasteiger partial charge < -0.3 is 15.5 Å². The molecule has 26 heavy (non-hydrogen) atoms. The minimum Gasteiger partial charge on any atom is -0.356 e. The smallest absolute Gasteiger partial charge is 0.253 e. The number of carbonyl (C=O) groups excluding carboxylic acids is 1. The van der Waals surface area contributed by atoms with Gasteiger partial charge in [-0.3, -0.25) is 9.79 Å². The third-order valence-electron chi connectivity index (χ3n) is 4.98. The predicted octanol–water partition coefficient (Wildman–Crippen LogP) is 3.50. The van der Waals surface area contributed by atoms with Gasteiger partial charge in [0.25, 0.3) is 5.91 Å². The average Bonchev–Trinajstić information content (AvgIpc) is 2.63. The molecule has 146 valence electrons. The van der Waals surface area contributed by atoms with Gasteiger partial charge in [-0.15, -0.1) is 24.0 Å². The molecule has 1 aromatic carbocycles. The maximum Gasteiger partial charge on any atom is 0.253 e. The molecule has 0 atom stereocenters. The summed E-state index contributed by atoms with van der Waals surface area (Å²) in [6.07, 6.45) is 5.31. The quantitative estimate of drug-likeness (QED) is 0.392. The van der Waals surface area contributed by atoms with E-state index in [1.54, 1.807) is 26.0 Å². The SMILES string of the molecule is CN=C(NCc1ccc(C(=O)N(C)C)cc1)NCC1CCC(C)CC1.I. The molecule has 0 bridgehead atoms. The lowest BCUT2D eigenvalue weighted by atomic mass is 9.83. The van der Waals surface area contributed by atoms with Crippen LogP contribution < -0.4 is 10.6 Å². The Balaban J connectivity index is 0.00000338. The van der Waals surface area contributed by atoms with Crippen molar-refractivity contribution in [2.75, 3.05) is 27.7 Å². The standard InChI is InChI=1S/C20H32N4O.HI/c1-15-5-7-16(8-6-15)13-22-20(21-2)23-14-17-9-11-18(12-10-17)19(25)24(3)4;/h9-12,15-16H,5-8,13-14H2,1-4H3,(H2,21,22,23);1H. The molecule has 0 spiro atoms. The summed E-state index contributed by atoms with van der Waals surface area (Å²) in [5.41, 5.74) is 1.84. The number of rotatable bonds is 5. The van der Waals surface area contributed by atoms with Gasteiger partial charge in [0.1, 0.15) is 0 Å². The van der Waals surface area contributed by atoms with Gasteiger partial charge in [-0.1, -0.05) is 31.9 Å². The molecule has 0 unspecified atom stereocenters. The van der Waals surface area contributed by atoms with Gasteiger partial charge in [-0.05, 0) is 42.4 Å². The van der Waals surface area contributed by atoms with Crippen molar-refractivity contribution in [3.05, 3.63) is 35.4 Å². The molecule has 0 heterocycles. The fourth-order valence-electron chi connectivity index (χ4n) is 3.20. The van der Waals surface area contributed by atoms with E-state index in [1.807, 2.05) is 24.3 Å². The molecule has 1 amide bonds. The van der Waals surface area contributed by atoms with E-state index in [-0.39, 0.29) is 29.9 Å². The molecule has 5 nitrogen and oxygen atoms in total. The maximum atomic E-state index is 11.9.